The van der Waals surface area contributed by atoms with Crippen molar-refractivity contribution < 1.29 is 4.92 Å². The summed E-state index contributed by atoms with van der Waals surface area (Å²) in [5.41, 5.74) is 8.22. The third-order valence-corrected chi connectivity index (χ3v) is 3.94. The number of hydrogen-bond donors (Lipinski definition) is 1. The van der Waals surface area contributed by atoms with Gasteiger partial charge in [-0.1, -0.05) is 54.9 Å². The van der Waals surface area contributed by atoms with Crippen LogP contribution in [0, 0.1) is 16.0 Å². The summed E-state index contributed by atoms with van der Waals surface area (Å²) in [6.45, 7) is 2.05. The molecule has 2 aromatic carbocycles. The van der Waals surface area contributed by atoms with E-state index < -0.39 is 4.92 Å². The Hall–Kier alpha value is -1.91. The highest BCUT2D eigenvalue weighted by Crippen LogP contribution is 2.28. The molecule has 2 unspecified atom stereocenters. The molecule has 2 N–H and O–H groups in total. The molecule has 4 nitrogen and oxygen atoms in total. The van der Waals surface area contributed by atoms with E-state index in [4.69, 9.17) is 17.3 Å². The summed E-state index contributed by atoms with van der Waals surface area (Å²) in [6, 6.07) is 14.3. The highest BCUT2D eigenvalue weighted by Gasteiger charge is 2.17. The van der Waals surface area contributed by atoms with Gasteiger partial charge in [-0.15, -0.1) is 0 Å². The van der Waals surface area contributed by atoms with Crippen molar-refractivity contribution in [3.05, 3.63) is 74.8 Å². The second kappa shape index (κ2) is 6.70. The molecule has 0 aliphatic heterocycles. The van der Waals surface area contributed by atoms with E-state index in [0.717, 1.165) is 11.1 Å². The summed E-state index contributed by atoms with van der Waals surface area (Å²) in [5.74, 6) is 0.173. The topological polar surface area (TPSA) is 69.2 Å². The van der Waals surface area contributed by atoms with Gasteiger partial charge in [-0.25, -0.2) is 0 Å². The summed E-state index contributed by atoms with van der Waals surface area (Å²) >= 11 is 6.12. The zero-order valence-electron chi connectivity index (χ0n) is 11.7. The maximum atomic E-state index is 10.7. The van der Waals surface area contributed by atoms with Crippen LogP contribution in [0.25, 0.3) is 0 Å². The van der Waals surface area contributed by atoms with Gasteiger partial charge in [0.25, 0.3) is 5.69 Å². The minimum atomic E-state index is -0.450. The van der Waals surface area contributed by atoms with Crippen molar-refractivity contribution in [3.8, 4) is 0 Å². The van der Waals surface area contributed by atoms with Gasteiger partial charge in [0, 0.05) is 18.2 Å². The molecule has 0 spiro atoms. The predicted molar refractivity (Wildman–Crippen MR) is 84.3 cm³/mol. The monoisotopic (exact) mass is 304 g/mol. The molecule has 110 valence electrons. The molecule has 0 aliphatic carbocycles. The number of halogens is 1. The van der Waals surface area contributed by atoms with Gasteiger partial charge in [0.15, 0.2) is 0 Å². The number of rotatable bonds is 5. The molecule has 21 heavy (non-hydrogen) atoms. The van der Waals surface area contributed by atoms with Crippen LogP contribution in [-0.4, -0.2) is 4.92 Å². The minimum Gasteiger partial charge on any atom is -0.324 e. The van der Waals surface area contributed by atoms with Crippen molar-refractivity contribution >= 4 is 17.3 Å². The summed E-state index contributed by atoms with van der Waals surface area (Å²) in [4.78, 5) is 10.3. The van der Waals surface area contributed by atoms with Crippen LogP contribution >= 0.6 is 11.6 Å². The highest BCUT2D eigenvalue weighted by molar-refractivity contribution is 6.31. The summed E-state index contributed by atoms with van der Waals surface area (Å²) in [7, 11) is 0. The molecule has 0 saturated carbocycles. The first-order valence-corrected chi connectivity index (χ1v) is 7.10. The Balaban J connectivity index is 2.12. The number of nitrogens with two attached hydrogens (primary N) is 1. The summed E-state index contributed by atoms with van der Waals surface area (Å²) in [6.07, 6.45) is 0.674. The van der Waals surface area contributed by atoms with Crippen LogP contribution in [0.5, 0.6) is 0 Å². The number of nitro groups is 1. The second-order valence-electron chi connectivity index (χ2n) is 5.15. The van der Waals surface area contributed by atoms with E-state index in [2.05, 4.69) is 6.92 Å². The lowest BCUT2D eigenvalue weighted by Gasteiger charge is -2.20. The van der Waals surface area contributed by atoms with Crippen LogP contribution in [0.3, 0.4) is 0 Å². The third-order valence-electron chi connectivity index (χ3n) is 3.59. The molecule has 0 amide bonds. The molecule has 0 fully saturated rings. The Labute approximate surface area is 128 Å². The molecule has 2 rings (SSSR count). The molecule has 5 heteroatoms. The first-order valence-electron chi connectivity index (χ1n) is 6.72. The van der Waals surface area contributed by atoms with Crippen molar-refractivity contribution in [3.63, 3.8) is 0 Å². The third kappa shape index (κ3) is 3.80. The summed E-state index contributed by atoms with van der Waals surface area (Å²) < 4.78 is 0. The smallest absolute Gasteiger partial charge is 0.270 e. The average Bonchev–Trinajstić information content (AvgIpc) is 2.49. The number of non-ortho nitro benzene ring substituents is 1. The maximum absolute atomic E-state index is 10.7. The summed E-state index contributed by atoms with van der Waals surface area (Å²) in [5, 5.41) is 11.1. The van der Waals surface area contributed by atoms with E-state index in [1.807, 2.05) is 30.3 Å². The predicted octanol–water partition coefficient (Wildman–Crippen LogP) is 4.13. The Kier molecular flexibility index (Phi) is 4.94. The molecule has 2 atom stereocenters. The maximum Gasteiger partial charge on any atom is 0.270 e. The molecule has 0 saturated heterocycles. The van der Waals surface area contributed by atoms with Gasteiger partial charge in [-0.05, 0) is 23.5 Å². The SMILES string of the molecule is CC(Cc1ccc([N+](=O)[O-])cc1Cl)C(N)c1ccccc1. The number of hydrogen-bond acceptors (Lipinski definition) is 3. The lowest BCUT2D eigenvalue weighted by atomic mass is 9.90. The van der Waals surface area contributed by atoms with Crippen LogP contribution in [0.1, 0.15) is 24.1 Å². The van der Waals surface area contributed by atoms with Gasteiger partial charge < -0.3 is 5.73 Å². The van der Waals surface area contributed by atoms with Crippen molar-refractivity contribution in [1.29, 1.82) is 0 Å². The molecule has 0 aliphatic rings. The van der Waals surface area contributed by atoms with Crippen LogP contribution in [0.2, 0.25) is 5.02 Å². The molecular formula is C16H17ClN2O2. The lowest BCUT2D eigenvalue weighted by Crippen LogP contribution is -2.21. The van der Waals surface area contributed by atoms with Gasteiger partial charge in [0.2, 0.25) is 0 Å². The van der Waals surface area contributed by atoms with E-state index in [0.29, 0.717) is 11.4 Å². The van der Waals surface area contributed by atoms with Crippen LogP contribution in [0.15, 0.2) is 48.5 Å². The van der Waals surface area contributed by atoms with E-state index >= 15 is 0 Å². The van der Waals surface area contributed by atoms with E-state index in [9.17, 15) is 10.1 Å². The molecule has 0 radical (unpaired) electrons. The molecule has 0 aromatic heterocycles. The van der Waals surface area contributed by atoms with Gasteiger partial charge in [0.1, 0.15) is 0 Å². The van der Waals surface area contributed by atoms with Gasteiger partial charge >= 0.3 is 0 Å². The minimum absolute atomic E-state index is 0.00348. The molecule has 2 aromatic rings. The largest absolute Gasteiger partial charge is 0.324 e. The number of benzene rings is 2. The zero-order valence-corrected chi connectivity index (χ0v) is 12.5. The fraction of sp³-hybridized carbons (Fsp3) is 0.250. The Morgan fingerprint density at radius 1 is 1.24 bits per heavy atom. The standard InChI is InChI=1S/C16H17ClN2O2/c1-11(16(18)12-5-3-2-4-6-12)9-13-7-8-14(19(20)21)10-15(13)17/h2-8,10-11,16H,9,18H2,1H3. The lowest BCUT2D eigenvalue weighted by molar-refractivity contribution is -0.384. The van der Waals surface area contributed by atoms with Crippen LogP contribution in [0.4, 0.5) is 5.69 Å². The number of nitro benzene ring substituents is 1. The van der Waals surface area contributed by atoms with E-state index in [1.165, 1.54) is 12.1 Å². The van der Waals surface area contributed by atoms with Gasteiger partial charge in [0.05, 0.1) is 9.95 Å². The van der Waals surface area contributed by atoms with Crippen molar-refractivity contribution in [2.45, 2.75) is 19.4 Å². The molecule has 0 bridgehead atoms. The van der Waals surface area contributed by atoms with Crippen LogP contribution < -0.4 is 5.73 Å². The number of nitrogens with zero attached hydrogens (tertiary/aromatic N) is 1. The Morgan fingerprint density at radius 2 is 1.90 bits per heavy atom. The highest BCUT2D eigenvalue weighted by atomic mass is 35.5. The first-order chi connectivity index (χ1) is 9.99. The average molecular weight is 305 g/mol. The van der Waals surface area contributed by atoms with Gasteiger partial charge in [-0.2, -0.15) is 0 Å². The first kappa shape index (κ1) is 15.5. The Bertz CT molecular complexity index is 631. The van der Waals surface area contributed by atoms with Crippen LogP contribution in [-0.2, 0) is 6.42 Å². The quantitative estimate of drug-likeness (QED) is 0.667. The normalized spacial score (nSPS) is 13.7. The Morgan fingerprint density at radius 3 is 2.48 bits per heavy atom. The van der Waals surface area contributed by atoms with Crippen molar-refractivity contribution in [2.24, 2.45) is 11.7 Å². The fourth-order valence-corrected chi connectivity index (χ4v) is 2.54. The zero-order chi connectivity index (χ0) is 15.4. The van der Waals surface area contributed by atoms with E-state index in [-0.39, 0.29) is 17.6 Å². The molecule has 0 heterocycles. The van der Waals surface area contributed by atoms with E-state index in [1.54, 1.807) is 6.07 Å². The van der Waals surface area contributed by atoms with Crippen molar-refractivity contribution in [2.75, 3.05) is 0 Å². The second-order valence-corrected chi connectivity index (χ2v) is 5.56. The van der Waals surface area contributed by atoms with Crippen molar-refractivity contribution in [1.82, 2.24) is 0 Å². The fourth-order valence-electron chi connectivity index (χ4n) is 2.29. The van der Waals surface area contributed by atoms with Gasteiger partial charge in [-0.3, -0.25) is 10.1 Å². The molecular weight excluding hydrogens is 288 g/mol.